The number of amides is 1. The third kappa shape index (κ3) is 2.81. The molecule has 0 aliphatic carbocycles. The Morgan fingerprint density at radius 2 is 1.91 bits per heavy atom. The van der Waals surface area contributed by atoms with E-state index < -0.39 is 0 Å². The first-order chi connectivity index (χ1) is 11.3. The molecule has 4 rings (SSSR count). The maximum atomic E-state index is 12.2. The Morgan fingerprint density at radius 1 is 1.17 bits per heavy atom. The van der Waals surface area contributed by atoms with Gasteiger partial charge in [0.2, 0.25) is 5.91 Å². The minimum absolute atomic E-state index is 0.0530. The lowest BCUT2D eigenvalue weighted by Crippen LogP contribution is -2.40. The fourth-order valence-electron chi connectivity index (χ4n) is 2.99. The van der Waals surface area contributed by atoms with E-state index in [-0.39, 0.29) is 18.4 Å². The van der Waals surface area contributed by atoms with Gasteiger partial charge in [-0.3, -0.25) is 4.79 Å². The van der Waals surface area contributed by atoms with Crippen molar-refractivity contribution >= 4 is 17.0 Å². The van der Waals surface area contributed by atoms with Crippen LogP contribution >= 0.6 is 0 Å². The fraction of sp³-hybridized carbons (Fsp3) is 0.375. The second-order valence-corrected chi connectivity index (χ2v) is 5.73. The van der Waals surface area contributed by atoms with Gasteiger partial charge in [-0.1, -0.05) is 12.1 Å². The van der Waals surface area contributed by atoms with Gasteiger partial charge in [0, 0.05) is 19.0 Å². The number of hydrogen-bond donors (Lipinski definition) is 0. The number of piperidine rings is 1. The zero-order valence-corrected chi connectivity index (χ0v) is 12.6. The normalized spacial score (nSPS) is 16.1. The summed E-state index contributed by atoms with van der Waals surface area (Å²) in [6.45, 7) is 1.62. The topological polar surface area (TPSA) is 77.1 Å². The number of aromatic nitrogens is 4. The molecule has 23 heavy (non-hydrogen) atoms. The lowest BCUT2D eigenvalue weighted by atomic mass is 9.97. The third-order valence-corrected chi connectivity index (χ3v) is 4.25. The molecule has 0 spiro atoms. The highest BCUT2D eigenvalue weighted by Gasteiger charge is 2.27. The number of para-hydroxylation sites is 2. The van der Waals surface area contributed by atoms with Crippen LogP contribution in [0, 0.1) is 0 Å². The Kier molecular flexibility index (Phi) is 3.53. The van der Waals surface area contributed by atoms with Crippen LogP contribution in [0.3, 0.4) is 0 Å². The van der Waals surface area contributed by atoms with Crippen LogP contribution in [0.1, 0.15) is 24.7 Å². The number of likely N-dealkylation sites (tertiary alicyclic amines) is 1. The van der Waals surface area contributed by atoms with Crippen molar-refractivity contribution in [3.05, 3.63) is 42.5 Å². The average molecular weight is 311 g/mol. The lowest BCUT2D eigenvalue weighted by Gasteiger charge is -2.30. The molecule has 0 unspecified atom stereocenters. The van der Waals surface area contributed by atoms with E-state index in [1.165, 1.54) is 4.80 Å². The van der Waals surface area contributed by atoms with Crippen molar-refractivity contribution in [1.82, 2.24) is 24.9 Å². The van der Waals surface area contributed by atoms with E-state index in [4.69, 9.17) is 4.42 Å². The van der Waals surface area contributed by atoms with Crippen molar-refractivity contribution in [2.45, 2.75) is 25.3 Å². The molecule has 1 fully saturated rings. The second-order valence-electron chi connectivity index (χ2n) is 5.73. The van der Waals surface area contributed by atoms with Crippen molar-refractivity contribution in [1.29, 1.82) is 0 Å². The quantitative estimate of drug-likeness (QED) is 0.737. The van der Waals surface area contributed by atoms with Crippen molar-refractivity contribution in [3.8, 4) is 0 Å². The molecular weight excluding hydrogens is 294 g/mol. The van der Waals surface area contributed by atoms with Crippen LogP contribution in [0.4, 0.5) is 0 Å². The maximum Gasteiger partial charge on any atom is 0.246 e. The lowest BCUT2D eigenvalue weighted by molar-refractivity contribution is -0.133. The first kappa shape index (κ1) is 13.9. The molecule has 7 heteroatoms. The molecule has 0 saturated carbocycles. The van der Waals surface area contributed by atoms with Crippen LogP contribution in [-0.4, -0.2) is 43.9 Å². The number of fused-ring (bicyclic) bond motifs is 1. The highest BCUT2D eigenvalue weighted by molar-refractivity contribution is 5.76. The number of hydrogen-bond acceptors (Lipinski definition) is 5. The molecule has 1 amide bonds. The molecule has 0 atom stereocenters. The average Bonchev–Trinajstić information content (AvgIpc) is 3.24. The molecule has 3 aromatic rings. The molecule has 0 radical (unpaired) electrons. The molecule has 7 nitrogen and oxygen atoms in total. The Hall–Kier alpha value is -2.70. The zero-order chi connectivity index (χ0) is 15.6. The molecule has 2 aromatic heterocycles. The minimum atomic E-state index is 0.0530. The molecule has 0 bridgehead atoms. The van der Waals surface area contributed by atoms with Gasteiger partial charge < -0.3 is 9.32 Å². The number of carbonyl (C=O) groups excluding carboxylic acids is 1. The molecule has 3 heterocycles. The monoisotopic (exact) mass is 311 g/mol. The number of benzene rings is 1. The summed E-state index contributed by atoms with van der Waals surface area (Å²) in [5, 5.41) is 7.94. The third-order valence-electron chi connectivity index (χ3n) is 4.25. The maximum absolute atomic E-state index is 12.2. The van der Waals surface area contributed by atoms with Crippen LogP contribution in [0.5, 0.6) is 0 Å². The van der Waals surface area contributed by atoms with Crippen molar-refractivity contribution in [3.63, 3.8) is 0 Å². The summed E-state index contributed by atoms with van der Waals surface area (Å²) in [7, 11) is 0. The van der Waals surface area contributed by atoms with Gasteiger partial charge in [-0.2, -0.15) is 15.0 Å². The summed E-state index contributed by atoms with van der Waals surface area (Å²) >= 11 is 0. The van der Waals surface area contributed by atoms with Crippen molar-refractivity contribution in [2.75, 3.05) is 13.1 Å². The van der Waals surface area contributed by atoms with E-state index >= 15 is 0 Å². The number of oxazole rings is 1. The van der Waals surface area contributed by atoms with Gasteiger partial charge in [0.05, 0.1) is 12.4 Å². The first-order valence-corrected chi connectivity index (χ1v) is 7.77. The second kappa shape index (κ2) is 5.83. The Bertz CT molecular complexity index is 770. The number of carbonyl (C=O) groups is 1. The molecule has 1 aliphatic heterocycles. The smallest absolute Gasteiger partial charge is 0.246 e. The van der Waals surface area contributed by atoms with E-state index in [1.54, 1.807) is 12.4 Å². The van der Waals surface area contributed by atoms with Crippen LogP contribution in [0.25, 0.3) is 11.1 Å². The Morgan fingerprint density at radius 3 is 2.65 bits per heavy atom. The molecule has 118 valence electrons. The predicted octanol–water partition coefficient (Wildman–Crippen LogP) is 1.83. The zero-order valence-electron chi connectivity index (χ0n) is 12.6. The summed E-state index contributed by atoms with van der Waals surface area (Å²) in [4.78, 5) is 20.1. The number of rotatable bonds is 3. The molecule has 1 saturated heterocycles. The standard InChI is InChI=1S/C16H17N5O2/c22-15(11-21-17-7-8-18-21)20-9-5-12(6-10-20)16-19-13-3-1-2-4-14(13)23-16/h1-4,7-8,12H,5-6,9-11H2. The van der Waals surface area contributed by atoms with Crippen LogP contribution in [0.2, 0.25) is 0 Å². The van der Waals surface area contributed by atoms with Crippen molar-refractivity contribution in [2.24, 2.45) is 0 Å². The van der Waals surface area contributed by atoms with Gasteiger partial charge in [-0.05, 0) is 25.0 Å². The van der Waals surface area contributed by atoms with Gasteiger partial charge in [0.15, 0.2) is 11.5 Å². The SMILES string of the molecule is O=C(Cn1nccn1)N1CCC(c2nc3ccccc3o2)CC1. The summed E-state index contributed by atoms with van der Waals surface area (Å²) in [6, 6.07) is 7.79. The number of nitrogens with zero attached hydrogens (tertiary/aromatic N) is 5. The molecule has 0 N–H and O–H groups in total. The molecule has 1 aromatic carbocycles. The molecular formula is C16H17N5O2. The highest BCUT2D eigenvalue weighted by Crippen LogP contribution is 2.29. The van der Waals surface area contributed by atoms with Gasteiger partial charge in [-0.25, -0.2) is 4.98 Å². The highest BCUT2D eigenvalue weighted by atomic mass is 16.3. The van der Waals surface area contributed by atoms with Gasteiger partial charge in [0.25, 0.3) is 0 Å². The first-order valence-electron chi connectivity index (χ1n) is 7.77. The Balaban J connectivity index is 1.39. The van der Waals surface area contributed by atoms with Gasteiger partial charge in [-0.15, -0.1) is 0 Å². The largest absolute Gasteiger partial charge is 0.440 e. The van der Waals surface area contributed by atoms with E-state index in [2.05, 4.69) is 15.2 Å². The van der Waals surface area contributed by atoms with Crippen LogP contribution in [-0.2, 0) is 11.3 Å². The summed E-state index contributed by atoms with van der Waals surface area (Å²) < 4.78 is 5.85. The summed E-state index contributed by atoms with van der Waals surface area (Å²) in [6.07, 6.45) is 4.88. The molecule has 1 aliphatic rings. The Labute approximate surface area is 132 Å². The van der Waals surface area contributed by atoms with Crippen LogP contribution < -0.4 is 0 Å². The van der Waals surface area contributed by atoms with E-state index in [9.17, 15) is 4.79 Å². The van der Waals surface area contributed by atoms with Gasteiger partial charge in [0.1, 0.15) is 12.1 Å². The van der Waals surface area contributed by atoms with E-state index in [0.29, 0.717) is 13.1 Å². The summed E-state index contributed by atoms with van der Waals surface area (Å²) in [5.74, 6) is 1.11. The summed E-state index contributed by atoms with van der Waals surface area (Å²) in [5.41, 5.74) is 1.72. The van der Waals surface area contributed by atoms with Crippen LogP contribution in [0.15, 0.2) is 41.1 Å². The van der Waals surface area contributed by atoms with E-state index in [0.717, 1.165) is 29.8 Å². The fourth-order valence-corrected chi connectivity index (χ4v) is 2.99. The van der Waals surface area contributed by atoms with E-state index in [1.807, 2.05) is 29.2 Å². The van der Waals surface area contributed by atoms with Crippen molar-refractivity contribution < 1.29 is 9.21 Å². The minimum Gasteiger partial charge on any atom is -0.440 e. The predicted molar refractivity (Wildman–Crippen MR) is 82.6 cm³/mol. The van der Waals surface area contributed by atoms with Gasteiger partial charge >= 0.3 is 0 Å².